The number of halogens is 1. The first-order chi connectivity index (χ1) is 9.06. The Labute approximate surface area is 108 Å². The summed E-state index contributed by atoms with van der Waals surface area (Å²) >= 11 is 0. The molecule has 0 fully saturated rings. The average Bonchev–Trinajstić information content (AvgIpc) is 2.41. The van der Waals surface area contributed by atoms with Crippen LogP contribution in [0.4, 0.5) is 4.39 Å². The number of ketones is 1. The van der Waals surface area contributed by atoms with Crippen LogP contribution in [0.2, 0.25) is 0 Å². The Morgan fingerprint density at radius 1 is 0.895 bits per heavy atom. The second-order valence-corrected chi connectivity index (χ2v) is 3.71. The van der Waals surface area contributed by atoms with Crippen LogP contribution in [0.5, 0.6) is 11.5 Å². The number of ether oxygens (including phenoxy) is 1. The monoisotopic (exact) mass is 260 g/mol. The molecular weight excluding hydrogens is 251 g/mol. The number of carboxylic acid groups (broad SMARTS) is 1. The van der Waals surface area contributed by atoms with E-state index >= 15 is 0 Å². The molecule has 1 N–H and O–H groups in total. The molecule has 4 nitrogen and oxygen atoms in total. The van der Waals surface area contributed by atoms with E-state index in [9.17, 15) is 14.0 Å². The van der Waals surface area contributed by atoms with Gasteiger partial charge in [0, 0.05) is 5.56 Å². The molecule has 2 aromatic carbocycles. The van der Waals surface area contributed by atoms with Crippen molar-refractivity contribution in [3.63, 3.8) is 0 Å². The fraction of sp³-hybridized carbons (Fsp3) is 0. The maximum absolute atomic E-state index is 12.7. The molecule has 0 saturated carbocycles. The van der Waals surface area contributed by atoms with E-state index < -0.39 is 11.8 Å². The van der Waals surface area contributed by atoms with Crippen LogP contribution in [0.15, 0.2) is 48.5 Å². The fourth-order valence-corrected chi connectivity index (χ4v) is 1.44. The van der Waals surface area contributed by atoms with Crippen LogP contribution >= 0.6 is 0 Å². The third-order valence-corrected chi connectivity index (χ3v) is 2.36. The SMILES string of the molecule is O=C(O)C(=O)c1ccc(Oc2ccc(F)cc2)cc1. The highest BCUT2D eigenvalue weighted by Gasteiger charge is 2.13. The quantitative estimate of drug-likeness (QED) is 0.678. The minimum Gasteiger partial charge on any atom is -0.475 e. The molecule has 0 spiro atoms. The van der Waals surface area contributed by atoms with Crippen molar-refractivity contribution in [2.45, 2.75) is 0 Å². The van der Waals surface area contributed by atoms with Crippen LogP contribution in [0.25, 0.3) is 0 Å². The number of hydrogen-bond acceptors (Lipinski definition) is 3. The predicted molar refractivity (Wildman–Crippen MR) is 64.9 cm³/mol. The Bertz CT molecular complexity index is 602. The number of carbonyl (C=O) groups is 2. The van der Waals surface area contributed by atoms with Crippen molar-refractivity contribution >= 4 is 11.8 Å². The lowest BCUT2D eigenvalue weighted by Crippen LogP contribution is -2.12. The molecule has 0 heterocycles. The standard InChI is InChI=1S/C14H9FO4/c15-10-3-7-12(8-4-10)19-11-5-1-9(2-6-11)13(16)14(17)18/h1-8H,(H,17,18). The van der Waals surface area contributed by atoms with Crippen molar-refractivity contribution in [3.05, 3.63) is 59.9 Å². The minimum absolute atomic E-state index is 0.0685. The van der Waals surface area contributed by atoms with Crippen LogP contribution < -0.4 is 4.74 Å². The molecular formula is C14H9FO4. The predicted octanol–water partition coefficient (Wildman–Crippen LogP) is 2.89. The molecule has 19 heavy (non-hydrogen) atoms. The summed E-state index contributed by atoms with van der Waals surface area (Å²) in [5.74, 6) is -1.98. The molecule has 0 radical (unpaired) electrons. The minimum atomic E-state index is -1.51. The Hall–Kier alpha value is -2.69. The molecule has 0 amide bonds. The van der Waals surface area contributed by atoms with E-state index in [2.05, 4.69) is 0 Å². The summed E-state index contributed by atoms with van der Waals surface area (Å²) in [6.07, 6.45) is 0. The molecule has 0 aliphatic carbocycles. The van der Waals surface area contributed by atoms with Crippen LogP contribution in [0, 0.1) is 5.82 Å². The summed E-state index contributed by atoms with van der Waals surface area (Å²) in [5.41, 5.74) is 0.0685. The van der Waals surface area contributed by atoms with Crippen molar-refractivity contribution in [2.24, 2.45) is 0 Å². The summed E-state index contributed by atoms with van der Waals surface area (Å²) in [6.45, 7) is 0. The van der Waals surface area contributed by atoms with Gasteiger partial charge in [-0.05, 0) is 48.5 Å². The maximum Gasteiger partial charge on any atom is 0.377 e. The molecule has 96 valence electrons. The lowest BCUT2D eigenvalue weighted by Gasteiger charge is -2.05. The Morgan fingerprint density at radius 3 is 1.84 bits per heavy atom. The summed E-state index contributed by atoms with van der Waals surface area (Å²) < 4.78 is 18.1. The second-order valence-electron chi connectivity index (χ2n) is 3.71. The van der Waals surface area contributed by atoms with Gasteiger partial charge in [-0.1, -0.05) is 0 Å². The summed E-state index contributed by atoms with van der Waals surface area (Å²) in [4.78, 5) is 21.7. The van der Waals surface area contributed by atoms with Crippen molar-refractivity contribution in [1.29, 1.82) is 0 Å². The highest BCUT2D eigenvalue weighted by molar-refractivity contribution is 6.39. The fourth-order valence-electron chi connectivity index (χ4n) is 1.44. The number of aliphatic carboxylic acids is 1. The normalized spacial score (nSPS) is 9.95. The van der Waals surface area contributed by atoms with Crippen LogP contribution in [0.1, 0.15) is 10.4 Å². The van der Waals surface area contributed by atoms with Crippen LogP contribution in [0.3, 0.4) is 0 Å². The maximum atomic E-state index is 12.7. The zero-order chi connectivity index (χ0) is 13.8. The van der Waals surface area contributed by atoms with Gasteiger partial charge in [0.15, 0.2) is 0 Å². The number of hydrogen-bond donors (Lipinski definition) is 1. The lowest BCUT2D eigenvalue weighted by atomic mass is 10.1. The Morgan fingerprint density at radius 2 is 1.37 bits per heavy atom. The molecule has 5 heteroatoms. The van der Waals surface area contributed by atoms with Crippen molar-refractivity contribution in [1.82, 2.24) is 0 Å². The number of benzene rings is 2. The topological polar surface area (TPSA) is 63.6 Å². The van der Waals surface area contributed by atoms with Gasteiger partial charge in [0.1, 0.15) is 17.3 Å². The van der Waals surface area contributed by atoms with E-state index in [0.717, 1.165) is 0 Å². The van der Waals surface area contributed by atoms with Gasteiger partial charge in [0.25, 0.3) is 5.78 Å². The third kappa shape index (κ3) is 3.16. The first-order valence-electron chi connectivity index (χ1n) is 5.37. The summed E-state index contributed by atoms with van der Waals surface area (Å²) in [6, 6.07) is 11.1. The molecule has 0 bridgehead atoms. The number of carboxylic acids is 1. The summed E-state index contributed by atoms with van der Waals surface area (Å²) in [5, 5.41) is 8.55. The average molecular weight is 260 g/mol. The summed E-state index contributed by atoms with van der Waals surface area (Å²) in [7, 11) is 0. The van der Waals surface area contributed by atoms with Crippen LogP contribution in [-0.4, -0.2) is 16.9 Å². The van der Waals surface area contributed by atoms with Crippen molar-refractivity contribution in [2.75, 3.05) is 0 Å². The zero-order valence-corrected chi connectivity index (χ0v) is 9.67. The van der Waals surface area contributed by atoms with Gasteiger partial charge < -0.3 is 9.84 Å². The number of carbonyl (C=O) groups excluding carboxylic acids is 1. The van der Waals surface area contributed by atoms with Gasteiger partial charge in [-0.15, -0.1) is 0 Å². The molecule has 0 saturated heterocycles. The zero-order valence-electron chi connectivity index (χ0n) is 9.67. The molecule has 0 aliphatic rings. The van der Waals surface area contributed by atoms with E-state index in [1.54, 1.807) is 0 Å². The lowest BCUT2D eigenvalue weighted by molar-refractivity contribution is -0.131. The number of rotatable bonds is 4. The van der Waals surface area contributed by atoms with Gasteiger partial charge in [-0.3, -0.25) is 4.79 Å². The van der Waals surface area contributed by atoms with Crippen molar-refractivity contribution in [3.8, 4) is 11.5 Å². The molecule has 0 atom stereocenters. The molecule has 0 aliphatic heterocycles. The van der Waals surface area contributed by atoms with Crippen LogP contribution in [-0.2, 0) is 4.79 Å². The van der Waals surface area contributed by atoms with Crippen molar-refractivity contribution < 1.29 is 23.8 Å². The van der Waals surface area contributed by atoms with Gasteiger partial charge >= 0.3 is 5.97 Å². The second kappa shape index (κ2) is 5.30. The van der Waals surface area contributed by atoms with E-state index in [0.29, 0.717) is 11.5 Å². The first-order valence-corrected chi connectivity index (χ1v) is 5.37. The Balaban J connectivity index is 2.13. The smallest absolute Gasteiger partial charge is 0.377 e. The van der Waals surface area contributed by atoms with E-state index in [-0.39, 0.29) is 11.4 Å². The van der Waals surface area contributed by atoms with Gasteiger partial charge in [-0.25, -0.2) is 9.18 Å². The first kappa shape index (κ1) is 12.8. The molecule has 0 unspecified atom stereocenters. The molecule has 2 rings (SSSR count). The van der Waals surface area contributed by atoms with E-state index in [1.165, 1.54) is 48.5 Å². The van der Waals surface area contributed by atoms with Gasteiger partial charge in [0.2, 0.25) is 0 Å². The third-order valence-electron chi connectivity index (χ3n) is 2.36. The highest BCUT2D eigenvalue weighted by Crippen LogP contribution is 2.21. The highest BCUT2D eigenvalue weighted by atomic mass is 19.1. The van der Waals surface area contributed by atoms with E-state index in [1.807, 2.05) is 0 Å². The molecule has 0 aromatic heterocycles. The largest absolute Gasteiger partial charge is 0.475 e. The van der Waals surface area contributed by atoms with E-state index in [4.69, 9.17) is 9.84 Å². The molecule has 2 aromatic rings. The number of Topliss-reactive ketones (excluding diaryl/α,β-unsaturated/α-hetero) is 1. The van der Waals surface area contributed by atoms with Gasteiger partial charge in [0.05, 0.1) is 0 Å². The Kier molecular flexibility index (Phi) is 3.56. The van der Waals surface area contributed by atoms with Gasteiger partial charge in [-0.2, -0.15) is 0 Å².